The van der Waals surface area contributed by atoms with E-state index in [1.165, 1.54) is 0 Å². The van der Waals surface area contributed by atoms with Crippen molar-refractivity contribution >= 4 is 10.0 Å². The molecular weight excluding hydrogens is 266 g/mol. The highest BCUT2D eigenvalue weighted by Gasteiger charge is 2.29. The molecule has 0 saturated heterocycles. The van der Waals surface area contributed by atoms with E-state index in [0.29, 0.717) is 23.5 Å². The van der Waals surface area contributed by atoms with E-state index in [0.717, 1.165) is 6.42 Å². The molecule has 1 atom stereocenters. The second-order valence-corrected chi connectivity index (χ2v) is 7.02. The fourth-order valence-corrected chi connectivity index (χ4v) is 3.23. The molecule has 2 N–H and O–H groups in total. The van der Waals surface area contributed by atoms with Crippen LogP contribution in [0.3, 0.4) is 0 Å². The van der Waals surface area contributed by atoms with Crippen molar-refractivity contribution in [1.82, 2.24) is 4.72 Å². The number of furan rings is 1. The number of aryl methyl sites for hydroxylation is 2. The van der Waals surface area contributed by atoms with Crippen molar-refractivity contribution in [2.75, 3.05) is 12.3 Å². The van der Waals surface area contributed by atoms with E-state index >= 15 is 0 Å². The van der Waals surface area contributed by atoms with Crippen molar-refractivity contribution in [3.8, 4) is 0 Å². The molecule has 0 bridgehead atoms. The number of nitrogens with one attached hydrogen (secondary N) is 1. The maximum atomic E-state index is 11.7. The van der Waals surface area contributed by atoms with Crippen LogP contribution >= 0.6 is 0 Å². The molecule has 0 aliphatic carbocycles. The van der Waals surface area contributed by atoms with Crippen LogP contribution in [0.4, 0.5) is 0 Å². The van der Waals surface area contributed by atoms with Crippen LogP contribution in [-0.2, 0) is 15.6 Å². The minimum absolute atomic E-state index is 0.0567. The Balaban J connectivity index is 2.73. The Hall–Kier alpha value is -0.850. The summed E-state index contributed by atoms with van der Waals surface area (Å²) in [5, 5.41) is 10.4. The number of sulfonamides is 1. The third-order valence-corrected chi connectivity index (χ3v) is 4.43. The lowest BCUT2D eigenvalue weighted by molar-refractivity contribution is 0.0612. The zero-order chi connectivity index (χ0) is 14.7. The van der Waals surface area contributed by atoms with Gasteiger partial charge in [-0.1, -0.05) is 13.3 Å². The molecule has 0 radical (unpaired) electrons. The molecule has 0 amide bonds. The molecule has 0 aliphatic rings. The summed E-state index contributed by atoms with van der Waals surface area (Å²) in [6.45, 7) is 7.00. The normalized spacial score (nSPS) is 15.4. The highest BCUT2D eigenvalue weighted by atomic mass is 32.2. The predicted octanol–water partition coefficient (Wildman–Crippen LogP) is 1.82. The minimum atomic E-state index is -3.33. The Morgan fingerprint density at radius 3 is 2.53 bits per heavy atom. The summed E-state index contributed by atoms with van der Waals surface area (Å²) in [7, 11) is -3.33. The highest BCUT2D eigenvalue weighted by molar-refractivity contribution is 7.89. The van der Waals surface area contributed by atoms with Crippen LogP contribution in [0.15, 0.2) is 10.5 Å². The van der Waals surface area contributed by atoms with Crippen molar-refractivity contribution in [2.24, 2.45) is 0 Å². The van der Waals surface area contributed by atoms with E-state index in [9.17, 15) is 13.5 Å². The monoisotopic (exact) mass is 289 g/mol. The molecule has 1 aromatic heterocycles. The summed E-state index contributed by atoms with van der Waals surface area (Å²) in [6.07, 6.45) is 1.43. The first-order valence-corrected chi connectivity index (χ1v) is 8.10. The zero-order valence-electron chi connectivity index (χ0n) is 12.0. The van der Waals surface area contributed by atoms with Crippen LogP contribution in [0.1, 0.15) is 43.8 Å². The molecule has 1 heterocycles. The largest absolute Gasteiger partial charge is 0.466 e. The summed E-state index contributed by atoms with van der Waals surface area (Å²) < 4.78 is 31.2. The van der Waals surface area contributed by atoms with Gasteiger partial charge < -0.3 is 9.52 Å². The van der Waals surface area contributed by atoms with Gasteiger partial charge in [0.1, 0.15) is 17.1 Å². The standard InChI is InChI=1S/C13H23NO4S/c1-5-6-7-19(16,17)14-9-13(4,15)12-8-10(2)18-11(12)3/h8,14-15H,5-7,9H2,1-4H3/t13-/m1/s1. The van der Waals surface area contributed by atoms with E-state index in [1.54, 1.807) is 26.8 Å². The van der Waals surface area contributed by atoms with Gasteiger partial charge in [-0.3, -0.25) is 0 Å². The van der Waals surface area contributed by atoms with Crippen LogP contribution in [0.5, 0.6) is 0 Å². The minimum Gasteiger partial charge on any atom is -0.466 e. The third kappa shape index (κ3) is 4.63. The van der Waals surface area contributed by atoms with Crippen LogP contribution in [0, 0.1) is 13.8 Å². The molecule has 110 valence electrons. The Kier molecular flexibility index (Phi) is 5.18. The maximum Gasteiger partial charge on any atom is 0.211 e. The van der Waals surface area contributed by atoms with Crippen LogP contribution < -0.4 is 4.72 Å². The molecule has 6 heteroatoms. The summed E-state index contributed by atoms with van der Waals surface area (Å²) in [4.78, 5) is 0. The van der Waals surface area contributed by atoms with Crippen LogP contribution in [0.2, 0.25) is 0 Å². The zero-order valence-corrected chi connectivity index (χ0v) is 12.8. The number of unbranched alkanes of at least 4 members (excludes halogenated alkanes) is 1. The fraction of sp³-hybridized carbons (Fsp3) is 0.692. The van der Waals surface area contributed by atoms with Crippen molar-refractivity contribution in [1.29, 1.82) is 0 Å². The van der Waals surface area contributed by atoms with E-state index in [-0.39, 0.29) is 12.3 Å². The number of aliphatic hydroxyl groups is 1. The Labute approximate surface area is 115 Å². The average Bonchev–Trinajstić information content (AvgIpc) is 2.65. The van der Waals surface area contributed by atoms with E-state index < -0.39 is 15.6 Å². The van der Waals surface area contributed by atoms with Gasteiger partial charge in [0.25, 0.3) is 0 Å². The van der Waals surface area contributed by atoms with Gasteiger partial charge in [-0.25, -0.2) is 13.1 Å². The average molecular weight is 289 g/mol. The Morgan fingerprint density at radius 1 is 1.42 bits per heavy atom. The highest BCUT2D eigenvalue weighted by Crippen LogP contribution is 2.26. The van der Waals surface area contributed by atoms with Crippen molar-refractivity contribution in [3.63, 3.8) is 0 Å². The summed E-state index contributed by atoms with van der Waals surface area (Å²) in [5.74, 6) is 1.39. The molecule has 0 aliphatic heterocycles. The first kappa shape index (κ1) is 16.2. The van der Waals surface area contributed by atoms with Gasteiger partial charge in [0.15, 0.2) is 0 Å². The van der Waals surface area contributed by atoms with Crippen molar-refractivity contribution in [3.05, 3.63) is 23.2 Å². The molecule has 0 spiro atoms. The lowest BCUT2D eigenvalue weighted by atomic mass is 9.97. The molecule has 1 aromatic rings. The smallest absolute Gasteiger partial charge is 0.211 e. The molecule has 0 fully saturated rings. The van der Waals surface area contributed by atoms with Gasteiger partial charge in [-0.15, -0.1) is 0 Å². The van der Waals surface area contributed by atoms with E-state index in [1.807, 2.05) is 6.92 Å². The van der Waals surface area contributed by atoms with Crippen LogP contribution in [-0.4, -0.2) is 25.8 Å². The topological polar surface area (TPSA) is 79.5 Å². The lowest BCUT2D eigenvalue weighted by Gasteiger charge is -2.23. The molecule has 0 aromatic carbocycles. The Bertz CT molecular complexity index is 517. The molecule has 0 saturated carbocycles. The van der Waals surface area contributed by atoms with E-state index in [2.05, 4.69) is 4.72 Å². The molecular formula is C13H23NO4S. The first-order chi connectivity index (χ1) is 8.68. The second-order valence-electron chi connectivity index (χ2n) is 5.09. The molecule has 0 unspecified atom stereocenters. The van der Waals surface area contributed by atoms with Gasteiger partial charge in [0.05, 0.1) is 5.75 Å². The van der Waals surface area contributed by atoms with Gasteiger partial charge in [-0.05, 0) is 33.3 Å². The fourth-order valence-electron chi connectivity index (χ4n) is 1.92. The molecule has 1 rings (SSSR count). The third-order valence-electron chi connectivity index (χ3n) is 3.02. The number of hydrogen-bond acceptors (Lipinski definition) is 4. The van der Waals surface area contributed by atoms with Gasteiger partial charge in [0.2, 0.25) is 10.0 Å². The van der Waals surface area contributed by atoms with Crippen molar-refractivity contribution in [2.45, 2.75) is 46.1 Å². The number of rotatable bonds is 7. The summed E-state index contributed by atoms with van der Waals surface area (Å²) in [6, 6.07) is 1.73. The maximum absolute atomic E-state index is 11.7. The van der Waals surface area contributed by atoms with Gasteiger partial charge >= 0.3 is 0 Å². The lowest BCUT2D eigenvalue weighted by Crippen LogP contribution is -2.39. The van der Waals surface area contributed by atoms with Gasteiger partial charge in [0, 0.05) is 12.1 Å². The summed E-state index contributed by atoms with van der Waals surface area (Å²) in [5.41, 5.74) is -0.663. The van der Waals surface area contributed by atoms with E-state index in [4.69, 9.17) is 4.42 Å². The molecule has 5 nitrogen and oxygen atoms in total. The van der Waals surface area contributed by atoms with Crippen molar-refractivity contribution < 1.29 is 17.9 Å². The van der Waals surface area contributed by atoms with Gasteiger partial charge in [-0.2, -0.15) is 0 Å². The predicted molar refractivity (Wildman–Crippen MR) is 74.5 cm³/mol. The SMILES string of the molecule is CCCCS(=O)(=O)NC[C@@](C)(O)c1cc(C)oc1C. The first-order valence-electron chi connectivity index (χ1n) is 6.45. The molecule has 19 heavy (non-hydrogen) atoms. The Morgan fingerprint density at radius 2 is 2.05 bits per heavy atom. The second kappa shape index (κ2) is 6.07. The quantitative estimate of drug-likeness (QED) is 0.802. The van der Waals surface area contributed by atoms with Crippen LogP contribution in [0.25, 0.3) is 0 Å². The number of hydrogen-bond donors (Lipinski definition) is 2. The summed E-state index contributed by atoms with van der Waals surface area (Å²) >= 11 is 0.